The Hall–Kier alpha value is -4.53. The first kappa shape index (κ1) is 22.9. The molecule has 0 radical (unpaired) electrons. The topological polar surface area (TPSA) is 104 Å². The van der Waals surface area contributed by atoms with E-state index in [1.165, 1.54) is 7.11 Å². The van der Waals surface area contributed by atoms with Crippen LogP contribution in [0.2, 0.25) is 0 Å². The molecule has 0 spiro atoms. The Labute approximate surface area is 213 Å². The Morgan fingerprint density at radius 1 is 1.05 bits per heavy atom. The lowest BCUT2D eigenvalue weighted by Crippen LogP contribution is -2.18. The van der Waals surface area contributed by atoms with E-state index in [1.54, 1.807) is 10.8 Å². The van der Waals surface area contributed by atoms with Crippen LogP contribution in [-0.4, -0.2) is 35.3 Å². The third-order valence-electron chi connectivity index (χ3n) is 6.59. The molecule has 1 saturated carbocycles. The molecular weight excluding hydrogens is 472 g/mol. The van der Waals surface area contributed by atoms with Gasteiger partial charge in [-0.15, -0.1) is 0 Å². The molecule has 6 rings (SSSR count). The number of pyridine rings is 1. The smallest absolute Gasteiger partial charge is 0.356 e. The Kier molecular flexibility index (Phi) is 5.88. The summed E-state index contributed by atoms with van der Waals surface area (Å²) in [5.74, 6) is 0.799. The van der Waals surface area contributed by atoms with E-state index in [9.17, 15) is 9.59 Å². The number of rotatable bonds is 8. The van der Waals surface area contributed by atoms with Crippen LogP contribution in [0.3, 0.4) is 0 Å². The summed E-state index contributed by atoms with van der Waals surface area (Å²) in [5.41, 5.74) is 4.05. The van der Waals surface area contributed by atoms with Gasteiger partial charge in [-0.25, -0.2) is 9.78 Å². The molecule has 2 N–H and O–H groups in total. The van der Waals surface area contributed by atoms with Crippen molar-refractivity contribution in [2.45, 2.75) is 25.9 Å². The molecule has 0 saturated heterocycles. The van der Waals surface area contributed by atoms with Gasteiger partial charge in [0.15, 0.2) is 17.2 Å². The zero-order valence-corrected chi connectivity index (χ0v) is 20.3. The van der Waals surface area contributed by atoms with Gasteiger partial charge < -0.3 is 29.4 Å². The van der Waals surface area contributed by atoms with Crippen LogP contribution in [0.25, 0.3) is 11.0 Å². The third kappa shape index (κ3) is 4.55. The molecule has 1 fully saturated rings. The number of carbonyl (C=O) groups is 2. The number of nitrogens with one attached hydrogen (secondary N) is 2. The first-order valence-electron chi connectivity index (χ1n) is 12.2. The van der Waals surface area contributed by atoms with Crippen LogP contribution in [0, 0.1) is 5.92 Å². The van der Waals surface area contributed by atoms with Gasteiger partial charge in [-0.3, -0.25) is 4.79 Å². The van der Waals surface area contributed by atoms with E-state index in [0.29, 0.717) is 29.8 Å². The largest absolute Gasteiger partial charge is 0.464 e. The molecule has 0 unspecified atom stereocenters. The van der Waals surface area contributed by atoms with Crippen LogP contribution in [0.1, 0.15) is 34.5 Å². The monoisotopic (exact) mass is 498 g/mol. The second-order valence-corrected chi connectivity index (χ2v) is 9.19. The molecule has 0 atom stereocenters. The second kappa shape index (κ2) is 9.50. The van der Waals surface area contributed by atoms with E-state index in [1.807, 2.05) is 54.6 Å². The molecule has 1 aliphatic carbocycles. The van der Waals surface area contributed by atoms with Crippen LogP contribution in [-0.2, 0) is 22.6 Å². The van der Waals surface area contributed by atoms with Crippen molar-refractivity contribution in [1.29, 1.82) is 0 Å². The normalized spacial score (nSPS) is 14.0. The number of methoxy groups -OCH3 is 1. The summed E-state index contributed by atoms with van der Waals surface area (Å²) >= 11 is 0. The van der Waals surface area contributed by atoms with Crippen molar-refractivity contribution >= 4 is 34.3 Å². The summed E-state index contributed by atoms with van der Waals surface area (Å²) in [6.45, 7) is 1.16. The van der Waals surface area contributed by atoms with Gasteiger partial charge in [-0.05, 0) is 42.2 Å². The highest BCUT2D eigenvalue weighted by atomic mass is 16.7. The number of fused-ring (bicyclic) bond motifs is 2. The molecular formula is C28H26N4O5. The molecule has 4 aromatic rings. The van der Waals surface area contributed by atoms with Crippen molar-refractivity contribution in [2.75, 3.05) is 24.5 Å². The van der Waals surface area contributed by atoms with Crippen molar-refractivity contribution in [1.82, 2.24) is 9.55 Å². The number of nitrogens with zero attached hydrogens (tertiary/aromatic N) is 2. The number of esters is 1. The van der Waals surface area contributed by atoms with Crippen molar-refractivity contribution in [3.05, 3.63) is 77.6 Å². The predicted molar refractivity (Wildman–Crippen MR) is 138 cm³/mol. The molecule has 0 bridgehead atoms. The maximum Gasteiger partial charge on any atom is 0.356 e. The van der Waals surface area contributed by atoms with Gasteiger partial charge in [0.1, 0.15) is 5.65 Å². The van der Waals surface area contributed by atoms with Gasteiger partial charge >= 0.3 is 5.97 Å². The number of anilines is 2. The van der Waals surface area contributed by atoms with Gasteiger partial charge in [-0.2, -0.15) is 0 Å². The zero-order valence-electron chi connectivity index (χ0n) is 20.3. The number of benzene rings is 2. The average Bonchev–Trinajstić information content (AvgIpc) is 3.61. The molecule has 2 aromatic heterocycles. The molecule has 1 amide bonds. The first-order chi connectivity index (χ1) is 18.1. The molecule has 9 nitrogen and oxygen atoms in total. The molecule has 9 heteroatoms. The van der Waals surface area contributed by atoms with E-state index in [2.05, 4.69) is 10.6 Å². The van der Waals surface area contributed by atoms with Gasteiger partial charge in [0.05, 0.1) is 24.7 Å². The maximum atomic E-state index is 13.0. The molecule has 188 valence electrons. The van der Waals surface area contributed by atoms with Gasteiger partial charge in [0, 0.05) is 24.4 Å². The number of hydrogen-bond donors (Lipinski definition) is 2. The number of aromatic nitrogens is 2. The van der Waals surface area contributed by atoms with Crippen LogP contribution >= 0.6 is 0 Å². The highest BCUT2D eigenvalue weighted by Gasteiger charge is 2.33. The molecule has 3 heterocycles. The van der Waals surface area contributed by atoms with Crippen molar-refractivity contribution in [3.63, 3.8) is 0 Å². The Morgan fingerprint density at radius 2 is 1.86 bits per heavy atom. The lowest BCUT2D eigenvalue weighted by molar-refractivity contribution is -0.117. The lowest BCUT2D eigenvalue weighted by atomic mass is 10.2. The highest BCUT2D eigenvalue weighted by molar-refractivity contribution is 6.11. The van der Waals surface area contributed by atoms with Crippen molar-refractivity contribution < 1.29 is 23.8 Å². The summed E-state index contributed by atoms with van der Waals surface area (Å²) < 4.78 is 17.8. The molecule has 2 aliphatic rings. The van der Waals surface area contributed by atoms with Gasteiger partial charge in [0.2, 0.25) is 12.7 Å². The average molecular weight is 499 g/mol. The number of ether oxygens (including phenoxy) is 3. The summed E-state index contributed by atoms with van der Waals surface area (Å²) in [7, 11) is 1.34. The Balaban J connectivity index is 1.38. The predicted octanol–water partition coefficient (Wildman–Crippen LogP) is 4.56. The summed E-state index contributed by atoms with van der Waals surface area (Å²) in [4.78, 5) is 30.5. The van der Waals surface area contributed by atoms with Crippen LogP contribution in [0.5, 0.6) is 11.5 Å². The minimum Gasteiger partial charge on any atom is -0.464 e. The lowest BCUT2D eigenvalue weighted by Gasteiger charge is -2.11. The van der Waals surface area contributed by atoms with E-state index in [0.717, 1.165) is 41.2 Å². The summed E-state index contributed by atoms with van der Waals surface area (Å²) in [5, 5.41) is 7.06. The Bertz CT molecular complexity index is 1490. The fourth-order valence-electron chi connectivity index (χ4n) is 4.50. The Morgan fingerprint density at radius 3 is 2.65 bits per heavy atom. The molecule has 37 heavy (non-hydrogen) atoms. The number of amides is 1. The minimum absolute atomic E-state index is 0.0294. The van der Waals surface area contributed by atoms with Gasteiger partial charge in [0.25, 0.3) is 0 Å². The SMILES string of the molecule is COC(=O)c1c(NC(=O)C2CC2)c2cc(NCc3ccc4c(c3)OCO4)cnc2n1Cc1ccccc1. The minimum atomic E-state index is -0.533. The summed E-state index contributed by atoms with van der Waals surface area (Å²) in [6.07, 6.45) is 3.43. The zero-order chi connectivity index (χ0) is 25.4. The molecule has 2 aromatic carbocycles. The van der Waals surface area contributed by atoms with Crippen molar-refractivity contribution in [2.24, 2.45) is 5.92 Å². The number of hydrogen-bond acceptors (Lipinski definition) is 7. The first-order valence-corrected chi connectivity index (χ1v) is 12.2. The highest BCUT2D eigenvalue weighted by Crippen LogP contribution is 2.37. The van der Waals surface area contributed by atoms with Crippen LogP contribution in [0.15, 0.2) is 60.8 Å². The summed E-state index contributed by atoms with van der Waals surface area (Å²) in [6, 6.07) is 17.5. The third-order valence-corrected chi connectivity index (χ3v) is 6.59. The standard InChI is InChI=1S/C28H26N4O5/c1-35-28(34)25-24(31-27(33)19-8-9-19)21-12-20(29-13-18-7-10-22-23(11-18)37-16-36-22)14-30-26(21)32(25)15-17-5-3-2-4-6-17/h2-7,10-12,14,19,29H,8-9,13,15-16H2,1H3,(H,31,33). The van der Waals surface area contributed by atoms with Crippen LogP contribution in [0.4, 0.5) is 11.4 Å². The number of carbonyl (C=O) groups excluding carboxylic acids is 2. The van der Waals surface area contributed by atoms with E-state index >= 15 is 0 Å². The van der Waals surface area contributed by atoms with Gasteiger partial charge in [-0.1, -0.05) is 36.4 Å². The van der Waals surface area contributed by atoms with E-state index in [4.69, 9.17) is 19.2 Å². The van der Waals surface area contributed by atoms with Crippen molar-refractivity contribution in [3.8, 4) is 11.5 Å². The van der Waals surface area contributed by atoms with E-state index < -0.39 is 5.97 Å². The second-order valence-electron chi connectivity index (χ2n) is 9.19. The van der Waals surface area contributed by atoms with Crippen LogP contribution < -0.4 is 20.1 Å². The maximum absolute atomic E-state index is 13.0. The quantitative estimate of drug-likeness (QED) is 0.343. The van der Waals surface area contributed by atoms with E-state index in [-0.39, 0.29) is 24.3 Å². The molecule has 1 aliphatic heterocycles. The fourth-order valence-corrected chi connectivity index (χ4v) is 4.50. The fraction of sp³-hybridized carbons (Fsp3) is 0.250.